The van der Waals surface area contributed by atoms with Crippen LogP contribution < -0.4 is 10.6 Å². The first-order valence-corrected chi connectivity index (χ1v) is 8.47. The average molecular weight is 465 g/mol. The number of methoxy groups -OCH3 is 1. The number of ether oxygens (including phenoxy) is 2. The van der Waals surface area contributed by atoms with Gasteiger partial charge in [-0.15, -0.1) is 24.0 Å². The number of benzene rings is 1. The molecule has 0 amide bonds. The van der Waals surface area contributed by atoms with Crippen LogP contribution in [0, 0.1) is 5.82 Å². The van der Waals surface area contributed by atoms with Gasteiger partial charge in [0.25, 0.3) is 0 Å². The van der Waals surface area contributed by atoms with E-state index in [0.29, 0.717) is 0 Å². The van der Waals surface area contributed by atoms with E-state index in [4.69, 9.17) is 9.47 Å². The second kappa shape index (κ2) is 11.6. The van der Waals surface area contributed by atoms with Crippen molar-refractivity contribution in [2.75, 3.05) is 47.1 Å². The van der Waals surface area contributed by atoms with Gasteiger partial charge in [-0.3, -0.25) is 4.99 Å². The van der Waals surface area contributed by atoms with Gasteiger partial charge in [0, 0.05) is 52.5 Å². The van der Waals surface area contributed by atoms with Crippen molar-refractivity contribution in [3.05, 3.63) is 35.6 Å². The second-order valence-electron chi connectivity index (χ2n) is 6.10. The fraction of sp³-hybridized carbons (Fsp3) is 0.611. The van der Waals surface area contributed by atoms with Crippen molar-refractivity contribution in [1.29, 1.82) is 0 Å². The molecule has 0 aromatic heterocycles. The highest BCUT2D eigenvalue weighted by Crippen LogP contribution is 2.34. The summed E-state index contributed by atoms with van der Waals surface area (Å²) in [6, 6.07) is 6.84. The lowest BCUT2D eigenvalue weighted by molar-refractivity contribution is 0.0513. The lowest BCUT2D eigenvalue weighted by Gasteiger charge is -2.38. The smallest absolute Gasteiger partial charge is 0.191 e. The Morgan fingerprint density at radius 2 is 1.92 bits per heavy atom. The van der Waals surface area contributed by atoms with Crippen LogP contribution in [0.25, 0.3) is 0 Å². The molecule has 0 atom stereocenters. The fourth-order valence-corrected chi connectivity index (χ4v) is 3.03. The summed E-state index contributed by atoms with van der Waals surface area (Å²) in [5.74, 6) is 0.573. The van der Waals surface area contributed by atoms with Crippen LogP contribution in [0.15, 0.2) is 29.3 Å². The number of rotatable bonds is 7. The summed E-state index contributed by atoms with van der Waals surface area (Å²) in [5, 5.41) is 6.71. The molecule has 2 rings (SSSR count). The van der Waals surface area contributed by atoms with Crippen molar-refractivity contribution in [2.24, 2.45) is 4.99 Å². The van der Waals surface area contributed by atoms with Crippen LogP contribution in [0.1, 0.15) is 24.8 Å². The van der Waals surface area contributed by atoms with Crippen molar-refractivity contribution in [1.82, 2.24) is 10.6 Å². The van der Waals surface area contributed by atoms with Crippen molar-refractivity contribution < 1.29 is 13.9 Å². The minimum atomic E-state index is -0.204. The molecule has 0 saturated carbocycles. The monoisotopic (exact) mass is 465 g/mol. The van der Waals surface area contributed by atoms with Crippen molar-refractivity contribution in [2.45, 2.75) is 24.7 Å². The minimum absolute atomic E-state index is 0. The van der Waals surface area contributed by atoms with Crippen LogP contribution in [0.3, 0.4) is 0 Å². The molecule has 0 bridgehead atoms. The SMILES string of the molecule is CN=C(NCCCOC)NCC1(c2ccc(F)cc2)CCOCC1.I. The van der Waals surface area contributed by atoms with Gasteiger partial charge in [-0.05, 0) is 37.0 Å². The van der Waals surface area contributed by atoms with Gasteiger partial charge in [0.05, 0.1) is 0 Å². The number of hydrogen-bond acceptors (Lipinski definition) is 3. The van der Waals surface area contributed by atoms with E-state index < -0.39 is 0 Å². The van der Waals surface area contributed by atoms with E-state index in [9.17, 15) is 4.39 Å². The van der Waals surface area contributed by atoms with E-state index in [1.807, 2.05) is 12.1 Å². The Kier molecular flexibility index (Phi) is 10.3. The molecule has 5 nitrogen and oxygen atoms in total. The molecule has 0 unspecified atom stereocenters. The van der Waals surface area contributed by atoms with Crippen LogP contribution in [-0.4, -0.2) is 53.0 Å². The summed E-state index contributed by atoms with van der Waals surface area (Å²) in [4.78, 5) is 4.27. The third kappa shape index (κ3) is 6.71. The molecule has 1 fully saturated rings. The summed E-state index contributed by atoms with van der Waals surface area (Å²) < 4.78 is 23.9. The first kappa shape index (κ1) is 22.1. The van der Waals surface area contributed by atoms with Crippen molar-refractivity contribution in [3.63, 3.8) is 0 Å². The summed E-state index contributed by atoms with van der Waals surface area (Å²) in [5.41, 5.74) is 1.09. The van der Waals surface area contributed by atoms with Crippen LogP contribution in [0.4, 0.5) is 4.39 Å². The average Bonchev–Trinajstić information content (AvgIpc) is 2.62. The van der Waals surface area contributed by atoms with Gasteiger partial charge in [0.15, 0.2) is 5.96 Å². The first-order valence-electron chi connectivity index (χ1n) is 8.47. The summed E-state index contributed by atoms with van der Waals surface area (Å²) >= 11 is 0. The summed E-state index contributed by atoms with van der Waals surface area (Å²) in [6.45, 7) is 3.71. The largest absolute Gasteiger partial charge is 0.385 e. The van der Waals surface area contributed by atoms with E-state index in [1.165, 1.54) is 12.1 Å². The number of hydrogen-bond donors (Lipinski definition) is 2. The molecule has 142 valence electrons. The number of nitrogens with one attached hydrogen (secondary N) is 2. The summed E-state index contributed by atoms with van der Waals surface area (Å²) in [6.07, 6.45) is 2.74. The maximum atomic E-state index is 13.3. The first-order chi connectivity index (χ1) is 11.7. The summed E-state index contributed by atoms with van der Waals surface area (Å²) in [7, 11) is 3.46. The topological polar surface area (TPSA) is 54.9 Å². The predicted octanol–water partition coefficient (Wildman–Crippen LogP) is 2.69. The fourth-order valence-electron chi connectivity index (χ4n) is 3.03. The number of guanidine groups is 1. The van der Waals surface area contributed by atoms with E-state index in [0.717, 1.165) is 63.7 Å². The van der Waals surface area contributed by atoms with Crippen LogP contribution >= 0.6 is 24.0 Å². The highest BCUT2D eigenvalue weighted by atomic mass is 127. The third-order valence-electron chi connectivity index (χ3n) is 4.54. The van der Waals surface area contributed by atoms with Gasteiger partial charge in [-0.25, -0.2) is 4.39 Å². The minimum Gasteiger partial charge on any atom is -0.385 e. The lowest BCUT2D eigenvalue weighted by Crippen LogP contribution is -2.48. The Morgan fingerprint density at radius 3 is 2.52 bits per heavy atom. The molecule has 1 aromatic carbocycles. The van der Waals surface area contributed by atoms with E-state index >= 15 is 0 Å². The normalized spacial score (nSPS) is 16.8. The molecule has 1 aromatic rings. The molecule has 0 radical (unpaired) electrons. The Balaban J connectivity index is 0.00000312. The molecule has 0 spiro atoms. The maximum Gasteiger partial charge on any atom is 0.191 e. The molecule has 2 N–H and O–H groups in total. The lowest BCUT2D eigenvalue weighted by atomic mass is 9.74. The van der Waals surface area contributed by atoms with Gasteiger partial charge >= 0.3 is 0 Å². The molecule has 0 aliphatic carbocycles. The zero-order chi connectivity index (χ0) is 17.3. The Morgan fingerprint density at radius 1 is 1.24 bits per heavy atom. The van der Waals surface area contributed by atoms with Gasteiger partial charge in [0.2, 0.25) is 0 Å². The molecule has 1 aliphatic heterocycles. The Bertz CT molecular complexity index is 520. The quantitative estimate of drug-likeness (QED) is 0.282. The maximum absolute atomic E-state index is 13.3. The highest BCUT2D eigenvalue weighted by Gasteiger charge is 2.34. The third-order valence-corrected chi connectivity index (χ3v) is 4.54. The standard InChI is InChI=1S/C18H28FN3O2.HI/c1-20-17(21-10-3-11-23-2)22-14-18(8-12-24-13-9-18)15-4-6-16(19)7-5-15;/h4-7H,3,8-14H2,1-2H3,(H2,20,21,22);1H. The number of nitrogens with zero attached hydrogens (tertiary/aromatic N) is 1. The van der Waals surface area contributed by atoms with E-state index in [2.05, 4.69) is 15.6 Å². The van der Waals surface area contributed by atoms with Gasteiger partial charge < -0.3 is 20.1 Å². The number of aliphatic imine (C=N–C) groups is 1. The zero-order valence-corrected chi connectivity index (χ0v) is 17.3. The van der Waals surface area contributed by atoms with Gasteiger partial charge in [-0.2, -0.15) is 0 Å². The Labute approximate surface area is 166 Å². The van der Waals surface area contributed by atoms with Crippen LogP contribution in [-0.2, 0) is 14.9 Å². The van der Waals surface area contributed by atoms with Gasteiger partial charge in [0.1, 0.15) is 5.82 Å². The molecule has 7 heteroatoms. The van der Waals surface area contributed by atoms with Gasteiger partial charge in [-0.1, -0.05) is 12.1 Å². The van der Waals surface area contributed by atoms with Crippen molar-refractivity contribution in [3.8, 4) is 0 Å². The van der Waals surface area contributed by atoms with E-state index in [1.54, 1.807) is 14.2 Å². The highest BCUT2D eigenvalue weighted by molar-refractivity contribution is 14.0. The second-order valence-corrected chi connectivity index (χ2v) is 6.10. The molecule has 1 saturated heterocycles. The van der Waals surface area contributed by atoms with Crippen molar-refractivity contribution >= 4 is 29.9 Å². The molecular weight excluding hydrogens is 436 g/mol. The van der Waals surface area contributed by atoms with Crippen LogP contribution in [0.5, 0.6) is 0 Å². The van der Waals surface area contributed by atoms with Crippen LogP contribution in [0.2, 0.25) is 0 Å². The van der Waals surface area contributed by atoms with E-state index in [-0.39, 0.29) is 35.2 Å². The molecule has 25 heavy (non-hydrogen) atoms. The number of halogens is 2. The molecule has 1 heterocycles. The zero-order valence-electron chi connectivity index (χ0n) is 15.0. The molecular formula is C18H29FIN3O2. The predicted molar refractivity (Wildman–Crippen MR) is 109 cm³/mol. The molecule has 1 aliphatic rings. The Hall–Kier alpha value is -0.930.